The van der Waals surface area contributed by atoms with E-state index in [1.807, 2.05) is 12.3 Å². The SMILES string of the molecule is C=C/C(C)=c1/cc[nH]/c1=C/CC. The molecule has 64 valence electrons. The van der Waals surface area contributed by atoms with Gasteiger partial charge < -0.3 is 4.98 Å². The van der Waals surface area contributed by atoms with Crippen LogP contribution in [0.25, 0.3) is 11.6 Å². The zero-order valence-electron chi connectivity index (χ0n) is 7.72. The molecular formula is C11H15N. The van der Waals surface area contributed by atoms with Crippen LogP contribution in [-0.2, 0) is 0 Å². The van der Waals surface area contributed by atoms with Crippen molar-refractivity contribution in [3.8, 4) is 0 Å². The highest BCUT2D eigenvalue weighted by atomic mass is 14.6. The van der Waals surface area contributed by atoms with Crippen molar-refractivity contribution in [3.05, 3.63) is 35.5 Å². The van der Waals surface area contributed by atoms with Gasteiger partial charge in [0.2, 0.25) is 0 Å². The monoisotopic (exact) mass is 161 g/mol. The number of allylic oxidation sites excluding steroid dienone is 1. The van der Waals surface area contributed by atoms with Crippen molar-refractivity contribution in [1.29, 1.82) is 0 Å². The molecule has 1 aromatic heterocycles. The molecule has 0 radical (unpaired) electrons. The highest BCUT2D eigenvalue weighted by Crippen LogP contribution is 1.87. The maximum atomic E-state index is 3.75. The molecule has 12 heavy (non-hydrogen) atoms. The molecule has 0 atom stereocenters. The lowest BCUT2D eigenvalue weighted by atomic mass is 10.2. The third-order valence-electron chi connectivity index (χ3n) is 1.92. The Kier molecular flexibility index (Phi) is 2.92. The van der Waals surface area contributed by atoms with Gasteiger partial charge in [0.25, 0.3) is 0 Å². The topological polar surface area (TPSA) is 15.8 Å². The van der Waals surface area contributed by atoms with Crippen LogP contribution in [0.5, 0.6) is 0 Å². The number of aromatic amines is 1. The molecule has 0 aliphatic carbocycles. The summed E-state index contributed by atoms with van der Waals surface area (Å²) in [4.78, 5) is 3.20. The van der Waals surface area contributed by atoms with E-state index in [0.717, 1.165) is 6.42 Å². The van der Waals surface area contributed by atoms with E-state index in [4.69, 9.17) is 0 Å². The molecular weight excluding hydrogens is 146 g/mol. The van der Waals surface area contributed by atoms with Gasteiger partial charge in [-0.1, -0.05) is 25.7 Å². The first-order chi connectivity index (χ1) is 5.79. The summed E-state index contributed by atoms with van der Waals surface area (Å²) in [7, 11) is 0. The molecule has 0 saturated carbocycles. The molecule has 1 heterocycles. The number of hydrogen-bond donors (Lipinski definition) is 1. The average Bonchev–Trinajstić information content (AvgIpc) is 2.52. The lowest BCUT2D eigenvalue weighted by Gasteiger charge is -1.86. The first-order valence-corrected chi connectivity index (χ1v) is 4.26. The molecule has 0 aliphatic heterocycles. The quantitative estimate of drug-likeness (QED) is 0.677. The molecule has 0 bridgehead atoms. The predicted molar refractivity (Wildman–Crippen MR) is 54.1 cm³/mol. The van der Waals surface area contributed by atoms with Crippen LogP contribution in [0.4, 0.5) is 0 Å². The molecule has 0 saturated heterocycles. The summed E-state index contributed by atoms with van der Waals surface area (Å²) in [6, 6.07) is 2.08. The Morgan fingerprint density at radius 1 is 1.67 bits per heavy atom. The molecule has 0 aliphatic rings. The van der Waals surface area contributed by atoms with Gasteiger partial charge in [-0.2, -0.15) is 0 Å². The van der Waals surface area contributed by atoms with Crippen LogP contribution in [0.1, 0.15) is 20.3 Å². The van der Waals surface area contributed by atoms with Crippen LogP contribution in [0.3, 0.4) is 0 Å². The highest BCUT2D eigenvalue weighted by Gasteiger charge is 1.87. The third-order valence-corrected chi connectivity index (χ3v) is 1.92. The van der Waals surface area contributed by atoms with Gasteiger partial charge in [0.15, 0.2) is 0 Å². The van der Waals surface area contributed by atoms with E-state index in [-0.39, 0.29) is 0 Å². The second-order valence-electron chi connectivity index (χ2n) is 2.80. The zero-order valence-corrected chi connectivity index (χ0v) is 7.72. The van der Waals surface area contributed by atoms with Crippen molar-refractivity contribution in [1.82, 2.24) is 4.98 Å². The average molecular weight is 161 g/mol. The second kappa shape index (κ2) is 3.96. The van der Waals surface area contributed by atoms with E-state index in [2.05, 4.69) is 37.6 Å². The van der Waals surface area contributed by atoms with Crippen LogP contribution in [0.15, 0.2) is 24.9 Å². The second-order valence-corrected chi connectivity index (χ2v) is 2.80. The Labute approximate surface area is 73.1 Å². The van der Waals surface area contributed by atoms with E-state index in [9.17, 15) is 0 Å². The van der Waals surface area contributed by atoms with Gasteiger partial charge in [-0.3, -0.25) is 0 Å². The Balaban J connectivity index is 3.44. The summed E-state index contributed by atoms with van der Waals surface area (Å²) in [6.45, 7) is 7.96. The van der Waals surface area contributed by atoms with E-state index in [1.54, 1.807) is 0 Å². The maximum absolute atomic E-state index is 3.75. The Morgan fingerprint density at radius 2 is 2.42 bits per heavy atom. The van der Waals surface area contributed by atoms with Gasteiger partial charge in [0.05, 0.1) is 0 Å². The fraction of sp³-hybridized carbons (Fsp3) is 0.273. The fourth-order valence-electron chi connectivity index (χ4n) is 1.21. The zero-order chi connectivity index (χ0) is 8.97. The van der Waals surface area contributed by atoms with Crippen molar-refractivity contribution < 1.29 is 0 Å². The van der Waals surface area contributed by atoms with Gasteiger partial charge in [-0.25, -0.2) is 0 Å². The third kappa shape index (κ3) is 1.67. The molecule has 0 fully saturated rings. The van der Waals surface area contributed by atoms with E-state index in [0.29, 0.717) is 0 Å². The predicted octanol–water partition coefficient (Wildman–Crippen LogP) is 1.56. The standard InChI is InChI=1S/C11H15N/c1-4-6-11-10(7-8-12-11)9(3)5-2/h5-8,12H,2,4H2,1,3H3/b10-9-,11-6+. The molecule has 1 rings (SSSR count). The summed E-state index contributed by atoms with van der Waals surface area (Å²) < 4.78 is 0. The summed E-state index contributed by atoms with van der Waals surface area (Å²) in [5.74, 6) is 0. The van der Waals surface area contributed by atoms with Crippen LogP contribution >= 0.6 is 0 Å². The smallest absolute Gasteiger partial charge is 0.0415 e. The number of aromatic nitrogens is 1. The van der Waals surface area contributed by atoms with Crippen LogP contribution in [0.2, 0.25) is 0 Å². The maximum Gasteiger partial charge on any atom is 0.0415 e. The van der Waals surface area contributed by atoms with Gasteiger partial charge in [-0.15, -0.1) is 0 Å². The number of H-pyrrole nitrogens is 1. The first kappa shape index (κ1) is 8.85. The van der Waals surface area contributed by atoms with Crippen LogP contribution < -0.4 is 10.6 Å². The lowest BCUT2D eigenvalue weighted by Crippen LogP contribution is -2.23. The minimum absolute atomic E-state index is 1.05. The molecule has 0 aromatic carbocycles. The van der Waals surface area contributed by atoms with Gasteiger partial charge >= 0.3 is 0 Å². The van der Waals surface area contributed by atoms with E-state index in [1.165, 1.54) is 16.1 Å². The van der Waals surface area contributed by atoms with Gasteiger partial charge in [0, 0.05) is 16.8 Å². The van der Waals surface area contributed by atoms with Gasteiger partial charge in [0.1, 0.15) is 0 Å². The number of hydrogen-bond acceptors (Lipinski definition) is 0. The fourth-order valence-corrected chi connectivity index (χ4v) is 1.21. The highest BCUT2D eigenvalue weighted by molar-refractivity contribution is 5.53. The van der Waals surface area contributed by atoms with Crippen molar-refractivity contribution >= 4 is 11.6 Å². The summed E-state index contributed by atoms with van der Waals surface area (Å²) >= 11 is 0. The molecule has 1 heteroatoms. The number of nitrogens with one attached hydrogen (secondary N) is 1. The van der Waals surface area contributed by atoms with E-state index < -0.39 is 0 Å². The summed E-state index contributed by atoms with van der Waals surface area (Å²) in [6.07, 6.45) is 7.08. The summed E-state index contributed by atoms with van der Waals surface area (Å²) in [5.41, 5.74) is 1.22. The normalized spacial score (nSPS) is 14.7. The molecule has 0 unspecified atom stereocenters. The minimum atomic E-state index is 1.05. The molecule has 1 nitrogen and oxygen atoms in total. The molecule has 1 aromatic rings. The lowest BCUT2D eigenvalue weighted by molar-refractivity contribution is 1.23. The summed E-state index contributed by atoms with van der Waals surface area (Å²) in [5, 5.41) is 2.46. The number of rotatable bonds is 2. The van der Waals surface area contributed by atoms with Gasteiger partial charge in [-0.05, 0) is 25.0 Å². The Hall–Kier alpha value is -1.24. The molecule has 0 amide bonds. The van der Waals surface area contributed by atoms with Crippen LogP contribution in [-0.4, -0.2) is 4.98 Å². The van der Waals surface area contributed by atoms with Crippen LogP contribution in [0, 0.1) is 0 Å². The van der Waals surface area contributed by atoms with Crippen molar-refractivity contribution in [3.63, 3.8) is 0 Å². The van der Waals surface area contributed by atoms with Crippen molar-refractivity contribution in [2.45, 2.75) is 20.3 Å². The Bertz CT molecular complexity index is 368. The molecule has 1 N–H and O–H groups in total. The van der Waals surface area contributed by atoms with Crippen molar-refractivity contribution in [2.24, 2.45) is 0 Å². The minimum Gasteiger partial charge on any atom is -0.361 e. The van der Waals surface area contributed by atoms with E-state index >= 15 is 0 Å². The Morgan fingerprint density at radius 3 is 3.00 bits per heavy atom. The first-order valence-electron chi connectivity index (χ1n) is 4.26. The van der Waals surface area contributed by atoms with Crippen molar-refractivity contribution in [2.75, 3.05) is 0 Å². The molecule has 0 spiro atoms. The largest absolute Gasteiger partial charge is 0.361 e.